The molecule has 0 aliphatic rings. The minimum Gasteiger partial charge on any atom is -0.472 e. The van der Waals surface area contributed by atoms with Crippen molar-refractivity contribution in [3.8, 4) is 5.88 Å². The second kappa shape index (κ2) is 14.8. The van der Waals surface area contributed by atoms with E-state index in [1.807, 2.05) is 20.8 Å². The molecule has 0 aromatic carbocycles. The van der Waals surface area contributed by atoms with Crippen molar-refractivity contribution < 1.29 is 19.8 Å². The van der Waals surface area contributed by atoms with Crippen LogP contribution in [-0.4, -0.2) is 67.7 Å². The maximum absolute atomic E-state index is 10.0. The van der Waals surface area contributed by atoms with Gasteiger partial charge in [-0.25, -0.2) is 0 Å². The molecule has 1 heterocycles. The van der Waals surface area contributed by atoms with Crippen LogP contribution >= 0.6 is 23.5 Å². The molecule has 0 fully saturated rings. The maximum atomic E-state index is 10.0. The molecule has 0 saturated carbocycles. The van der Waals surface area contributed by atoms with Gasteiger partial charge in [-0.15, -0.1) is 14.5 Å². The van der Waals surface area contributed by atoms with Gasteiger partial charge in [0.2, 0.25) is 0 Å². The molecule has 3 N–H and O–H groups in total. The Kier molecular flexibility index (Phi) is 14.2. The molecule has 1 unspecified atom stereocenters. The molecule has 1 atom stereocenters. The van der Waals surface area contributed by atoms with Gasteiger partial charge >= 0.3 is 0 Å². The number of rotatable bonds is 12. The fourth-order valence-corrected chi connectivity index (χ4v) is 3.70. The zero-order valence-corrected chi connectivity index (χ0v) is 21.6. The van der Waals surface area contributed by atoms with Gasteiger partial charge in [-0.2, -0.15) is 4.37 Å². The van der Waals surface area contributed by atoms with Gasteiger partial charge in [0.15, 0.2) is 5.03 Å². The van der Waals surface area contributed by atoms with E-state index in [2.05, 4.69) is 58.8 Å². The predicted molar refractivity (Wildman–Crippen MR) is 125 cm³/mol. The highest BCUT2D eigenvalue weighted by Gasteiger charge is 2.15. The number of hydrogen-bond acceptors (Lipinski definition) is 11. The molecular weight excluding hydrogens is 442 g/mol. The van der Waals surface area contributed by atoms with Gasteiger partial charge in [0, 0.05) is 29.4 Å². The van der Waals surface area contributed by atoms with E-state index in [0.29, 0.717) is 35.7 Å². The van der Waals surface area contributed by atoms with Crippen LogP contribution in [0.1, 0.15) is 61.8 Å². The van der Waals surface area contributed by atoms with Gasteiger partial charge in [-0.1, -0.05) is 25.6 Å². The molecule has 0 bridgehead atoms. The summed E-state index contributed by atoms with van der Waals surface area (Å²) in [5.41, 5.74) is 0.199. The fraction of sp³-hybridized carbons (Fsp3) is 0.895. The van der Waals surface area contributed by atoms with E-state index in [1.54, 1.807) is 0 Å². The van der Waals surface area contributed by atoms with Gasteiger partial charge < -0.3 is 25.3 Å². The van der Waals surface area contributed by atoms with Gasteiger partial charge in [0.05, 0.1) is 18.3 Å². The second-order valence-corrected chi connectivity index (χ2v) is 10.9. The van der Waals surface area contributed by atoms with Crippen LogP contribution in [0.25, 0.3) is 0 Å². The lowest BCUT2D eigenvalue weighted by Gasteiger charge is -2.23. The van der Waals surface area contributed by atoms with Crippen LogP contribution in [0.4, 0.5) is 0 Å². The third kappa shape index (κ3) is 19.2. The Morgan fingerprint density at radius 2 is 1.84 bits per heavy atom. The topological polar surface area (TPSA) is 132 Å². The summed E-state index contributed by atoms with van der Waals surface area (Å²) >= 11 is 2.41. The zero-order valence-electron chi connectivity index (χ0n) is 19.9. The fourth-order valence-electron chi connectivity index (χ4n) is 2.24. The molecule has 1 rings (SSSR count). The number of β-amino-alcohol motifs (C(OH)–C–C–N with tert-alkyl or cyclic N) is 1. The summed E-state index contributed by atoms with van der Waals surface area (Å²) in [6, 6.07) is 0.593. The molecule has 182 valence electrons. The van der Waals surface area contributed by atoms with E-state index in [4.69, 9.17) is 4.74 Å². The molecule has 0 amide bonds. The average Bonchev–Trinajstić information content (AvgIpc) is 3.02. The number of aliphatic hydroxyl groups excluding tert-OH is 1. The van der Waals surface area contributed by atoms with Crippen LogP contribution in [0.2, 0.25) is 0 Å². The first-order valence-corrected chi connectivity index (χ1v) is 12.0. The number of aliphatic hydroxyl groups is 1. The molecule has 0 spiro atoms. The van der Waals surface area contributed by atoms with Gasteiger partial charge in [0.1, 0.15) is 12.7 Å². The number of thioether (sulfide) groups is 1. The predicted octanol–water partition coefficient (Wildman–Crippen LogP) is 3.14. The van der Waals surface area contributed by atoms with Gasteiger partial charge in [-0.05, 0) is 48.0 Å². The highest BCUT2D eigenvalue weighted by atomic mass is 32.2. The zero-order chi connectivity index (χ0) is 24.1. The Hall–Kier alpha value is -1.21. The summed E-state index contributed by atoms with van der Waals surface area (Å²) in [4.78, 5) is 14.2. The largest absolute Gasteiger partial charge is 0.472 e. The summed E-state index contributed by atoms with van der Waals surface area (Å²) in [5, 5.41) is 26.3. The van der Waals surface area contributed by atoms with Crippen molar-refractivity contribution in [3.63, 3.8) is 0 Å². The lowest BCUT2D eigenvalue weighted by atomic mass is 10.1. The second-order valence-electron chi connectivity index (χ2n) is 9.28. The summed E-state index contributed by atoms with van der Waals surface area (Å²) in [7, 11) is 0. The number of hydrogen-bond donors (Lipinski definition) is 3. The normalized spacial score (nSPS) is 12.8. The summed E-state index contributed by atoms with van der Waals surface area (Å²) < 4.78 is 13.6. The minimum absolute atomic E-state index is 0.0466. The van der Waals surface area contributed by atoms with Crippen LogP contribution in [0, 0.1) is 10.1 Å². The molecule has 31 heavy (non-hydrogen) atoms. The van der Waals surface area contributed by atoms with E-state index in [0.717, 1.165) is 11.7 Å². The number of aromatic nitrogens is 2. The molecular formula is C19H39N5O5S2. The SMILES string of the molecule is CC(C)(C)NCC(O)COc1nsnc1SCCCO[N+](=O)[O-].CC(C)NC(C)(C)C. The van der Waals surface area contributed by atoms with Crippen molar-refractivity contribution in [2.24, 2.45) is 0 Å². The lowest BCUT2D eigenvalue weighted by Crippen LogP contribution is -2.42. The number of nitrogens with one attached hydrogen (secondary N) is 2. The van der Waals surface area contributed by atoms with Crippen LogP contribution in [-0.2, 0) is 4.84 Å². The first kappa shape index (κ1) is 29.8. The van der Waals surface area contributed by atoms with Gasteiger partial charge in [0.25, 0.3) is 11.0 Å². The smallest absolute Gasteiger partial charge is 0.294 e. The standard InChI is InChI=1S/C12H22N4O5S2.C7H17N/c1-12(2,3)13-7-9(17)8-20-10-11(15-23-14-10)22-6-4-5-21-16(18)19;1-6(2)8-7(3,4)5/h9,13,17H,4-8H2,1-3H3;6,8H,1-5H3. The molecule has 12 heteroatoms. The molecule has 1 aromatic rings. The highest BCUT2D eigenvalue weighted by molar-refractivity contribution is 7.99. The third-order valence-electron chi connectivity index (χ3n) is 3.16. The van der Waals surface area contributed by atoms with Gasteiger partial charge in [-0.3, -0.25) is 0 Å². The Bertz CT molecular complexity index is 618. The molecule has 10 nitrogen and oxygen atoms in total. The Labute approximate surface area is 194 Å². The van der Waals surface area contributed by atoms with E-state index in [9.17, 15) is 15.2 Å². The molecule has 0 radical (unpaired) electrons. The first-order chi connectivity index (χ1) is 14.2. The summed E-state index contributed by atoms with van der Waals surface area (Å²) in [5.74, 6) is 0.981. The van der Waals surface area contributed by atoms with Crippen LogP contribution in [0.5, 0.6) is 5.88 Å². The molecule has 0 saturated heterocycles. The Morgan fingerprint density at radius 1 is 1.19 bits per heavy atom. The maximum Gasteiger partial charge on any atom is 0.294 e. The van der Waals surface area contributed by atoms with Crippen LogP contribution in [0.3, 0.4) is 0 Å². The van der Waals surface area contributed by atoms with E-state index >= 15 is 0 Å². The monoisotopic (exact) mass is 481 g/mol. The molecule has 0 aliphatic heterocycles. The van der Waals surface area contributed by atoms with Crippen molar-refractivity contribution >= 4 is 23.5 Å². The quantitative estimate of drug-likeness (QED) is 0.177. The minimum atomic E-state index is -0.809. The lowest BCUT2D eigenvalue weighted by molar-refractivity contribution is -0.757. The van der Waals surface area contributed by atoms with Crippen molar-refractivity contribution in [3.05, 3.63) is 10.1 Å². The van der Waals surface area contributed by atoms with Crippen molar-refractivity contribution in [2.75, 3.05) is 25.5 Å². The number of ether oxygens (including phenoxy) is 1. The van der Waals surface area contributed by atoms with Crippen LogP contribution in [0.15, 0.2) is 5.03 Å². The van der Waals surface area contributed by atoms with Crippen molar-refractivity contribution in [1.82, 2.24) is 19.4 Å². The first-order valence-electron chi connectivity index (χ1n) is 10.3. The third-order valence-corrected chi connectivity index (χ3v) is 4.82. The van der Waals surface area contributed by atoms with Crippen molar-refractivity contribution in [1.29, 1.82) is 0 Å². The Balaban J connectivity index is 0.000000954. The van der Waals surface area contributed by atoms with Crippen LogP contribution < -0.4 is 15.4 Å². The Morgan fingerprint density at radius 3 is 2.32 bits per heavy atom. The van der Waals surface area contributed by atoms with Crippen molar-refractivity contribution in [2.45, 2.75) is 90.1 Å². The summed E-state index contributed by atoms with van der Waals surface area (Å²) in [6.45, 7) is 17.5. The highest BCUT2D eigenvalue weighted by Crippen LogP contribution is 2.27. The van der Waals surface area contributed by atoms with E-state index in [-0.39, 0.29) is 24.3 Å². The molecule has 1 aromatic heterocycles. The number of nitrogens with zero attached hydrogens (tertiary/aromatic N) is 3. The summed E-state index contributed by atoms with van der Waals surface area (Å²) in [6.07, 6.45) is -0.136. The van der Waals surface area contributed by atoms with E-state index < -0.39 is 11.2 Å². The average molecular weight is 482 g/mol. The molecule has 0 aliphatic carbocycles. The van der Waals surface area contributed by atoms with E-state index in [1.165, 1.54) is 11.8 Å².